The number of nitro benzene ring substituents is 1. The zero-order chi connectivity index (χ0) is 13.7. The summed E-state index contributed by atoms with van der Waals surface area (Å²) in [7, 11) is 0. The number of aliphatic hydroxyl groups is 1. The van der Waals surface area contributed by atoms with E-state index < -0.39 is 10.7 Å². The summed E-state index contributed by atoms with van der Waals surface area (Å²) in [6.45, 7) is 3.95. The number of hydrogen-bond acceptors (Lipinski definition) is 4. The molecule has 0 aromatic heterocycles. The summed E-state index contributed by atoms with van der Waals surface area (Å²) in [5, 5.41) is 22.8. The molecular weight excluding hydrogens is 239 g/mol. The van der Waals surface area contributed by atoms with Crippen LogP contribution >= 0.6 is 0 Å². The van der Waals surface area contributed by atoms with E-state index in [0.29, 0.717) is 5.56 Å². The first-order valence-electron chi connectivity index (χ1n) is 5.72. The Morgan fingerprint density at radius 2 is 2.17 bits per heavy atom. The van der Waals surface area contributed by atoms with E-state index in [1.807, 2.05) is 13.8 Å². The molecule has 5 nitrogen and oxygen atoms in total. The zero-order valence-electron chi connectivity index (χ0n) is 10.4. The van der Waals surface area contributed by atoms with Crippen molar-refractivity contribution in [1.29, 1.82) is 0 Å². The van der Waals surface area contributed by atoms with Crippen molar-refractivity contribution in [1.82, 2.24) is 5.32 Å². The predicted molar refractivity (Wildman–Crippen MR) is 65.6 cm³/mol. The van der Waals surface area contributed by atoms with Crippen molar-refractivity contribution in [2.45, 2.75) is 26.4 Å². The summed E-state index contributed by atoms with van der Waals surface area (Å²) in [5.74, 6) is -0.474. The van der Waals surface area contributed by atoms with Crippen molar-refractivity contribution < 1.29 is 14.4 Å². The second-order valence-electron chi connectivity index (χ2n) is 4.36. The second-order valence-corrected chi connectivity index (χ2v) is 4.36. The smallest absolute Gasteiger partial charge is 0.274 e. The first-order valence-corrected chi connectivity index (χ1v) is 5.72. The van der Waals surface area contributed by atoms with Gasteiger partial charge in [0, 0.05) is 30.8 Å². The molecule has 0 amide bonds. The van der Waals surface area contributed by atoms with Gasteiger partial charge in [-0.3, -0.25) is 10.1 Å². The van der Waals surface area contributed by atoms with Gasteiger partial charge in [0.2, 0.25) is 0 Å². The molecule has 2 N–H and O–H groups in total. The number of rotatable bonds is 6. The van der Waals surface area contributed by atoms with Crippen molar-refractivity contribution in [3.05, 3.63) is 39.7 Å². The van der Waals surface area contributed by atoms with Crippen molar-refractivity contribution in [3.63, 3.8) is 0 Å². The predicted octanol–water partition coefficient (Wildman–Crippen LogP) is 1.84. The van der Waals surface area contributed by atoms with E-state index in [1.54, 1.807) is 0 Å². The number of nitrogens with zero attached hydrogens (tertiary/aromatic N) is 1. The Balaban J connectivity index is 2.77. The van der Waals surface area contributed by atoms with Gasteiger partial charge in [0.1, 0.15) is 5.82 Å². The molecule has 6 heteroatoms. The van der Waals surface area contributed by atoms with Gasteiger partial charge in [-0.05, 0) is 25.0 Å². The average molecular weight is 256 g/mol. The monoisotopic (exact) mass is 256 g/mol. The third-order valence-corrected chi connectivity index (χ3v) is 2.99. The fraction of sp³-hybridized carbons (Fsp3) is 0.500. The minimum absolute atomic E-state index is 0.0159. The molecule has 0 aliphatic rings. The molecule has 2 atom stereocenters. The summed E-state index contributed by atoms with van der Waals surface area (Å²) >= 11 is 0. The fourth-order valence-corrected chi connectivity index (χ4v) is 1.50. The number of aliphatic hydroxyl groups excluding tert-OH is 1. The lowest BCUT2D eigenvalue weighted by Crippen LogP contribution is -2.33. The highest BCUT2D eigenvalue weighted by Crippen LogP contribution is 2.19. The van der Waals surface area contributed by atoms with Gasteiger partial charge >= 0.3 is 0 Å². The Morgan fingerprint density at radius 1 is 1.50 bits per heavy atom. The van der Waals surface area contributed by atoms with E-state index in [1.165, 1.54) is 0 Å². The van der Waals surface area contributed by atoms with E-state index in [9.17, 15) is 14.5 Å². The summed E-state index contributed by atoms with van der Waals surface area (Å²) in [5.41, 5.74) is 0.199. The van der Waals surface area contributed by atoms with E-state index in [0.717, 1.165) is 18.2 Å². The van der Waals surface area contributed by atoms with Gasteiger partial charge in [-0.25, -0.2) is 4.39 Å². The Morgan fingerprint density at radius 3 is 2.72 bits per heavy atom. The number of nitro groups is 1. The highest BCUT2D eigenvalue weighted by molar-refractivity contribution is 5.40. The maximum atomic E-state index is 13.1. The molecule has 0 saturated heterocycles. The van der Waals surface area contributed by atoms with Gasteiger partial charge < -0.3 is 10.4 Å². The molecule has 0 heterocycles. The molecule has 0 aliphatic carbocycles. The normalized spacial score (nSPS) is 14.2. The molecule has 2 unspecified atom stereocenters. The first-order chi connectivity index (χ1) is 8.45. The zero-order valence-corrected chi connectivity index (χ0v) is 10.4. The number of halogens is 1. The van der Waals surface area contributed by atoms with E-state index in [2.05, 4.69) is 5.32 Å². The van der Waals surface area contributed by atoms with Crippen molar-refractivity contribution in [2.24, 2.45) is 5.92 Å². The van der Waals surface area contributed by atoms with Gasteiger partial charge in [0.15, 0.2) is 0 Å². The van der Waals surface area contributed by atoms with Gasteiger partial charge in [0.05, 0.1) is 4.92 Å². The topological polar surface area (TPSA) is 75.4 Å². The van der Waals surface area contributed by atoms with E-state index in [4.69, 9.17) is 5.11 Å². The first kappa shape index (κ1) is 14.5. The van der Waals surface area contributed by atoms with Crippen LogP contribution in [0.25, 0.3) is 0 Å². The van der Waals surface area contributed by atoms with Crippen LogP contribution in [0.2, 0.25) is 0 Å². The molecule has 0 spiro atoms. The molecule has 0 bridgehead atoms. The Hall–Kier alpha value is -1.53. The summed E-state index contributed by atoms with van der Waals surface area (Å²) < 4.78 is 13.1. The van der Waals surface area contributed by atoms with Gasteiger partial charge in [-0.2, -0.15) is 0 Å². The molecule has 1 rings (SSSR count). The van der Waals surface area contributed by atoms with Gasteiger partial charge in [-0.1, -0.05) is 6.92 Å². The van der Waals surface area contributed by atoms with Crippen LogP contribution in [0.1, 0.15) is 19.4 Å². The van der Waals surface area contributed by atoms with Crippen LogP contribution in [0.15, 0.2) is 18.2 Å². The Kier molecular flexibility index (Phi) is 5.18. The quantitative estimate of drug-likeness (QED) is 0.601. The van der Waals surface area contributed by atoms with Crippen molar-refractivity contribution in [3.8, 4) is 0 Å². The summed E-state index contributed by atoms with van der Waals surface area (Å²) in [4.78, 5) is 10.3. The standard InChI is InChI=1S/C12H17FN2O3/c1-8(7-16)9(2)14-6-10-5-11(13)3-4-12(10)15(17)18/h3-5,8-9,14,16H,6-7H2,1-2H3. The van der Waals surface area contributed by atoms with Gasteiger partial charge in [-0.15, -0.1) is 0 Å². The minimum atomic E-state index is -0.531. The Labute approximate surface area is 105 Å². The minimum Gasteiger partial charge on any atom is -0.396 e. The number of benzene rings is 1. The average Bonchev–Trinajstić information content (AvgIpc) is 2.34. The molecule has 0 fully saturated rings. The fourth-order valence-electron chi connectivity index (χ4n) is 1.50. The third-order valence-electron chi connectivity index (χ3n) is 2.99. The molecule has 0 saturated carbocycles. The van der Waals surface area contributed by atoms with Gasteiger partial charge in [0.25, 0.3) is 5.69 Å². The van der Waals surface area contributed by atoms with Crippen LogP contribution in [0.3, 0.4) is 0 Å². The lowest BCUT2D eigenvalue weighted by Gasteiger charge is -2.19. The SMILES string of the molecule is CC(CO)C(C)NCc1cc(F)ccc1[N+](=O)[O-]. The maximum absolute atomic E-state index is 13.1. The van der Waals surface area contributed by atoms with Crippen LogP contribution in [0.5, 0.6) is 0 Å². The third kappa shape index (κ3) is 3.75. The largest absolute Gasteiger partial charge is 0.396 e. The van der Waals surface area contributed by atoms with Crippen LogP contribution in [0, 0.1) is 21.8 Å². The molecule has 0 radical (unpaired) electrons. The molecule has 1 aromatic rings. The van der Waals surface area contributed by atoms with Crippen molar-refractivity contribution in [2.75, 3.05) is 6.61 Å². The van der Waals surface area contributed by atoms with E-state index in [-0.39, 0.29) is 30.8 Å². The Bertz CT molecular complexity index is 426. The second kappa shape index (κ2) is 6.42. The number of hydrogen-bond donors (Lipinski definition) is 2. The molecule has 1 aromatic carbocycles. The highest BCUT2D eigenvalue weighted by atomic mass is 19.1. The van der Waals surface area contributed by atoms with Crippen molar-refractivity contribution >= 4 is 5.69 Å². The van der Waals surface area contributed by atoms with Crippen LogP contribution < -0.4 is 5.32 Å². The highest BCUT2D eigenvalue weighted by Gasteiger charge is 2.16. The maximum Gasteiger partial charge on any atom is 0.274 e. The lowest BCUT2D eigenvalue weighted by molar-refractivity contribution is -0.385. The molecule has 18 heavy (non-hydrogen) atoms. The molecule has 100 valence electrons. The van der Waals surface area contributed by atoms with E-state index >= 15 is 0 Å². The summed E-state index contributed by atoms with van der Waals surface area (Å²) in [6.07, 6.45) is 0. The van der Waals surface area contributed by atoms with Crippen LogP contribution in [-0.4, -0.2) is 22.7 Å². The van der Waals surface area contributed by atoms with Crippen LogP contribution in [-0.2, 0) is 6.54 Å². The van der Waals surface area contributed by atoms with Crippen LogP contribution in [0.4, 0.5) is 10.1 Å². The molecular formula is C12H17FN2O3. The molecule has 0 aliphatic heterocycles. The lowest BCUT2D eigenvalue weighted by atomic mass is 10.0. The summed E-state index contributed by atoms with van der Waals surface area (Å²) in [6, 6.07) is 3.37. The number of nitrogens with one attached hydrogen (secondary N) is 1.